The highest BCUT2D eigenvalue weighted by atomic mass is 19.4. The highest BCUT2D eigenvalue weighted by Crippen LogP contribution is 2.40. The number of halogens is 7. The number of aliphatic carboxylic acids is 2. The number of rotatable bonds is 3. The van der Waals surface area contributed by atoms with Crippen LogP contribution in [0.25, 0.3) is 0 Å². The number of carboxylic acids is 2. The first-order chi connectivity index (χ1) is 21.0. The molecule has 1 aromatic heterocycles. The molecule has 0 aliphatic carbocycles. The molecule has 18 heteroatoms. The molecule has 1 aromatic carbocycles. The minimum absolute atomic E-state index is 0.0342. The summed E-state index contributed by atoms with van der Waals surface area (Å²) < 4.78 is 78.8. The van der Waals surface area contributed by atoms with Gasteiger partial charge in [-0.05, 0) is 56.8 Å². The van der Waals surface area contributed by atoms with Gasteiger partial charge in [0.05, 0.1) is 5.54 Å². The van der Waals surface area contributed by atoms with E-state index >= 15 is 0 Å². The van der Waals surface area contributed by atoms with Crippen LogP contribution in [-0.4, -0.2) is 110 Å². The second kappa shape index (κ2) is 14.5. The largest absolute Gasteiger partial charge is 0.490 e. The first-order valence-corrected chi connectivity index (χ1v) is 14.0. The average Bonchev–Trinajstić information content (AvgIpc) is 3.42. The summed E-state index contributed by atoms with van der Waals surface area (Å²) in [7, 11) is 2.17. The molecule has 45 heavy (non-hydrogen) atoms. The van der Waals surface area contributed by atoms with Crippen molar-refractivity contribution in [1.82, 2.24) is 29.5 Å². The summed E-state index contributed by atoms with van der Waals surface area (Å²) >= 11 is 0. The van der Waals surface area contributed by atoms with E-state index in [1.165, 1.54) is 18.6 Å². The number of fused-ring (bicyclic) bond motifs is 2. The summed E-state index contributed by atoms with van der Waals surface area (Å²) in [6.45, 7) is 5.99. The lowest BCUT2D eigenvalue weighted by Crippen LogP contribution is -2.56. The molecular weight excluding hydrogens is 621 g/mol. The predicted molar refractivity (Wildman–Crippen MR) is 142 cm³/mol. The third-order valence-corrected chi connectivity index (χ3v) is 7.88. The van der Waals surface area contributed by atoms with Gasteiger partial charge in [0.1, 0.15) is 5.82 Å². The summed E-state index contributed by atoms with van der Waals surface area (Å²) in [5.41, 5.74) is 0.956. The highest BCUT2D eigenvalue weighted by Gasteiger charge is 2.47. The Hall–Kier alpha value is -3.80. The molecule has 5 rings (SSSR count). The van der Waals surface area contributed by atoms with E-state index in [0.717, 1.165) is 82.9 Å². The van der Waals surface area contributed by atoms with Gasteiger partial charge in [0, 0.05) is 45.8 Å². The van der Waals surface area contributed by atoms with Crippen LogP contribution in [0.5, 0.6) is 0 Å². The van der Waals surface area contributed by atoms with Gasteiger partial charge in [-0.1, -0.05) is 12.1 Å². The van der Waals surface area contributed by atoms with Crippen LogP contribution in [0, 0.1) is 5.82 Å². The fraction of sp³-hybridized carbons (Fsp3) is 0.593. The van der Waals surface area contributed by atoms with Gasteiger partial charge in [-0.3, -0.25) is 14.6 Å². The summed E-state index contributed by atoms with van der Waals surface area (Å²) in [6.07, 6.45) is -4.93. The zero-order chi connectivity index (χ0) is 33.6. The van der Waals surface area contributed by atoms with E-state index in [9.17, 15) is 35.5 Å². The minimum Gasteiger partial charge on any atom is -0.475 e. The summed E-state index contributed by atoms with van der Waals surface area (Å²) in [5.74, 6) is -4.22. The Kier molecular flexibility index (Phi) is 11.5. The van der Waals surface area contributed by atoms with E-state index < -0.39 is 24.3 Å². The number of likely N-dealkylation sites (tertiary alicyclic amines) is 2. The van der Waals surface area contributed by atoms with Crippen LogP contribution in [0.1, 0.15) is 54.1 Å². The van der Waals surface area contributed by atoms with E-state index in [2.05, 4.69) is 31.6 Å². The zero-order valence-corrected chi connectivity index (χ0v) is 24.2. The van der Waals surface area contributed by atoms with Gasteiger partial charge in [0.25, 0.3) is 5.91 Å². The Morgan fingerprint density at radius 2 is 1.31 bits per heavy atom. The van der Waals surface area contributed by atoms with Crippen LogP contribution in [0.15, 0.2) is 24.3 Å². The topological polar surface area (TPSA) is 132 Å². The van der Waals surface area contributed by atoms with Crippen LogP contribution in [0.2, 0.25) is 0 Å². The monoisotopic (exact) mass is 654 g/mol. The number of benzene rings is 1. The predicted octanol–water partition coefficient (Wildman–Crippen LogP) is 3.75. The first kappa shape index (κ1) is 35.7. The normalized spacial score (nSPS) is 18.6. The number of carbonyl (C=O) groups excluding carboxylic acids is 1. The number of aromatic nitrogens is 3. The van der Waals surface area contributed by atoms with Gasteiger partial charge >= 0.3 is 24.3 Å². The number of nitrogens with zero attached hydrogens (tertiary/aromatic N) is 6. The molecule has 0 radical (unpaired) electrons. The fourth-order valence-corrected chi connectivity index (χ4v) is 5.42. The maximum Gasteiger partial charge on any atom is 0.490 e. The van der Waals surface area contributed by atoms with Crippen LogP contribution in [-0.2, 0) is 28.2 Å². The minimum atomic E-state index is -5.08. The van der Waals surface area contributed by atoms with E-state index in [-0.39, 0.29) is 17.3 Å². The number of carboxylic acid groups (broad SMARTS) is 2. The van der Waals surface area contributed by atoms with Crippen molar-refractivity contribution in [2.45, 2.75) is 63.1 Å². The second-order valence-electron chi connectivity index (χ2n) is 10.8. The van der Waals surface area contributed by atoms with Crippen LogP contribution in [0.4, 0.5) is 30.7 Å². The lowest BCUT2D eigenvalue weighted by atomic mass is 9.83. The Labute approximate surface area is 253 Å². The Morgan fingerprint density at radius 1 is 0.800 bits per heavy atom. The Bertz CT molecular complexity index is 1290. The maximum absolute atomic E-state index is 13.2. The molecule has 0 unspecified atom stereocenters. The number of alkyl halides is 6. The van der Waals surface area contributed by atoms with Gasteiger partial charge in [-0.2, -0.15) is 26.3 Å². The van der Waals surface area contributed by atoms with Crippen molar-refractivity contribution in [2.24, 2.45) is 0 Å². The van der Waals surface area contributed by atoms with Gasteiger partial charge < -0.3 is 19.7 Å². The van der Waals surface area contributed by atoms with Crippen molar-refractivity contribution in [2.75, 3.05) is 39.8 Å². The lowest BCUT2D eigenvalue weighted by Gasteiger charge is -2.49. The standard InChI is InChI=1S/C23H31FN6O.2C2HF3O2/c1-27-15-16-30-20(21(31)29-11-3-2-4-12-29)25-26-22(30)23(27)9-13-28(14-10-23)17-18-5-7-19(24)8-6-18;2*3-2(4,5)1(6)7/h5-8H,2-4,9-17H2,1H3;2*(H,6,7). The van der Waals surface area contributed by atoms with Crippen molar-refractivity contribution < 1.29 is 55.3 Å². The van der Waals surface area contributed by atoms with Crippen LogP contribution < -0.4 is 0 Å². The molecule has 3 aliphatic heterocycles. The molecule has 1 amide bonds. The van der Waals surface area contributed by atoms with E-state index in [4.69, 9.17) is 19.8 Å². The molecule has 2 aromatic rings. The number of likely N-dealkylation sites (N-methyl/N-ethyl adjacent to an activating group) is 1. The van der Waals surface area contributed by atoms with Gasteiger partial charge in [-0.15, -0.1) is 10.2 Å². The number of carbonyl (C=O) groups is 3. The molecule has 2 N–H and O–H groups in total. The summed E-state index contributed by atoms with van der Waals surface area (Å²) in [6, 6.07) is 6.78. The quantitative estimate of drug-likeness (QED) is 0.475. The molecule has 0 saturated carbocycles. The molecule has 1 spiro atoms. The zero-order valence-electron chi connectivity index (χ0n) is 24.2. The summed E-state index contributed by atoms with van der Waals surface area (Å²) in [4.78, 5) is 37.7. The molecule has 3 aliphatic rings. The average molecular weight is 655 g/mol. The second-order valence-corrected chi connectivity index (χ2v) is 10.8. The van der Waals surface area contributed by atoms with Crippen molar-refractivity contribution >= 4 is 17.8 Å². The molecule has 11 nitrogen and oxygen atoms in total. The van der Waals surface area contributed by atoms with Crippen molar-refractivity contribution in [3.63, 3.8) is 0 Å². The molecule has 4 heterocycles. The van der Waals surface area contributed by atoms with Crippen molar-refractivity contribution in [3.8, 4) is 0 Å². The van der Waals surface area contributed by atoms with E-state index in [1.54, 1.807) is 0 Å². The lowest BCUT2D eigenvalue weighted by molar-refractivity contribution is -0.193. The number of amides is 1. The van der Waals surface area contributed by atoms with Gasteiger partial charge in [0.2, 0.25) is 5.82 Å². The third kappa shape index (κ3) is 9.12. The number of piperidine rings is 2. The smallest absolute Gasteiger partial charge is 0.475 e. The first-order valence-electron chi connectivity index (χ1n) is 14.0. The third-order valence-electron chi connectivity index (χ3n) is 7.88. The van der Waals surface area contributed by atoms with Crippen molar-refractivity contribution in [3.05, 3.63) is 47.3 Å². The molecule has 2 fully saturated rings. The Morgan fingerprint density at radius 3 is 1.80 bits per heavy atom. The molecular formula is C27H33F7N6O5. The number of hydrogen-bond donors (Lipinski definition) is 2. The van der Waals surface area contributed by atoms with E-state index in [0.29, 0.717) is 5.82 Å². The van der Waals surface area contributed by atoms with E-state index in [1.807, 2.05) is 17.0 Å². The molecule has 250 valence electrons. The SMILES string of the molecule is CN1CCn2c(C(=O)N3CCCCC3)nnc2C12CCN(Cc1ccc(F)cc1)CC2.O=C(O)C(F)(F)F.O=C(O)C(F)(F)F. The van der Waals surface area contributed by atoms with Gasteiger partial charge in [0.15, 0.2) is 5.82 Å². The number of hydrogen-bond acceptors (Lipinski definition) is 7. The molecule has 0 atom stereocenters. The maximum atomic E-state index is 13.2. The van der Waals surface area contributed by atoms with Crippen LogP contribution >= 0.6 is 0 Å². The van der Waals surface area contributed by atoms with Crippen LogP contribution in [0.3, 0.4) is 0 Å². The highest BCUT2D eigenvalue weighted by molar-refractivity contribution is 5.90. The van der Waals surface area contributed by atoms with Gasteiger partial charge in [-0.25, -0.2) is 14.0 Å². The summed E-state index contributed by atoms with van der Waals surface area (Å²) in [5, 5.41) is 23.2. The van der Waals surface area contributed by atoms with Crippen molar-refractivity contribution in [1.29, 1.82) is 0 Å². The molecule has 2 saturated heterocycles. The Balaban J connectivity index is 0.000000331. The molecule has 0 bridgehead atoms. The fourth-order valence-electron chi connectivity index (χ4n) is 5.42.